The minimum Gasteiger partial charge on any atom is -0.476 e. The van der Waals surface area contributed by atoms with Crippen molar-refractivity contribution in [2.45, 2.75) is 25.5 Å². The van der Waals surface area contributed by atoms with Gasteiger partial charge in [0.25, 0.3) is 0 Å². The zero-order valence-electron chi connectivity index (χ0n) is 18.8. The Kier molecular flexibility index (Phi) is 6.99. The maximum Gasteiger partial charge on any atom is 0.243 e. The van der Waals surface area contributed by atoms with Crippen molar-refractivity contribution >= 4 is 23.4 Å². The number of aromatic nitrogens is 5. The number of aryl methyl sites for hydroxylation is 1. The minimum atomic E-state index is 0.126. The number of rotatable bonds is 8. The highest BCUT2D eigenvalue weighted by Gasteiger charge is 2.23. The van der Waals surface area contributed by atoms with Gasteiger partial charge in [0.1, 0.15) is 5.56 Å². The van der Waals surface area contributed by atoms with Gasteiger partial charge in [-0.3, -0.25) is 9.48 Å². The highest BCUT2D eigenvalue weighted by molar-refractivity contribution is 7.99. The SMILES string of the molecule is CCOc1nn(CC)cc1-c1nnc(SCC(=O)N2CCN(c3ccccc3)CC2)n1C. The summed E-state index contributed by atoms with van der Waals surface area (Å²) in [5.41, 5.74) is 2.01. The molecule has 0 spiro atoms. The van der Waals surface area contributed by atoms with Gasteiger partial charge in [-0.2, -0.15) is 0 Å². The Hall–Kier alpha value is -3.01. The molecule has 10 heteroatoms. The van der Waals surface area contributed by atoms with Crippen molar-refractivity contribution in [3.05, 3.63) is 36.5 Å². The fourth-order valence-corrected chi connectivity index (χ4v) is 4.52. The minimum absolute atomic E-state index is 0.126. The second-order valence-corrected chi connectivity index (χ2v) is 8.44. The van der Waals surface area contributed by atoms with Crippen molar-refractivity contribution in [3.8, 4) is 17.3 Å². The predicted octanol–water partition coefficient (Wildman–Crippen LogP) is 2.54. The normalized spacial score (nSPS) is 14.1. The molecule has 0 N–H and O–H groups in total. The average Bonchev–Trinajstić information content (AvgIpc) is 3.41. The van der Waals surface area contributed by atoms with Crippen LogP contribution in [0.5, 0.6) is 5.88 Å². The summed E-state index contributed by atoms with van der Waals surface area (Å²) in [5.74, 6) is 1.69. The van der Waals surface area contributed by atoms with Gasteiger partial charge in [0.15, 0.2) is 11.0 Å². The number of hydrogen-bond donors (Lipinski definition) is 0. The zero-order valence-corrected chi connectivity index (χ0v) is 19.6. The Morgan fingerprint density at radius 1 is 1.09 bits per heavy atom. The number of para-hydroxylation sites is 1. The van der Waals surface area contributed by atoms with Crippen molar-refractivity contribution in [1.29, 1.82) is 0 Å². The molecular formula is C22H29N7O2S. The van der Waals surface area contributed by atoms with Gasteiger partial charge in [-0.15, -0.1) is 15.3 Å². The van der Waals surface area contributed by atoms with Crippen LogP contribution in [-0.2, 0) is 18.4 Å². The molecule has 0 aliphatic carbocycles. The Morgan fingerprint density at radius 3 is 2.53 bits per heavy atom. The Morgan fingerprint density at radius 2 is 1.84 bits per heavy atom. The van der Waals surface area contributed by atoms with Crippen LogP contribution in [-0.4, -0.2) is 73.9 Å². The van der Waals surface area contributed by atoms with Crippen molar-refractivity contribution in [1.82, 2.24) is 29.4 Å². The molecule has 1 fully saturated rings. The molecule has 1 aliphatic heterocycles. The third-order valence-corrected chi connectivity index (χ3v) is 6.49. The van der Waals surface area contributed by atoms with Crippen LogP contribution in [0.4, 0.5) is 5.69 Å². The second kappa shape index (κ2) is 10.1. The van der Waals surface area contributed by atoms with E-state index in [-0.39, 0.29) is 5.91 Å². The zero-order chi connectivity index (χ0) is 22.5. The van der Waals surface area contributed by atoms with Gasteiger partial charge in [0.05, 0.1) is 12.4 Å². The lowest BCUT2D eigenvalue weighted by atomic mass is 10.2. The van der Waals surface area contributed by atoms with Crippen LogP contribution in [0.3, 0.4) is 0 Å². The number of benzene rings is 1. The number of piperazine rings is 1. The average molecular weight is 456 g/mol. The van der Waals surface area contributed by atoms with Gasteiger partial charge < -0.3 is 19.1 Å². The molecule has 0 unspecified atom stereocenters. The van der Waals surface area contributed by atoms with E-state index < -0.39 is 0 Å². The Balaban J connectivity index is 1.36. The van der Waals surface area contributed by atoms with E-state index in [4.69, 9.17) is 4.74 Å². The number of nitrogens with zero attached hydrogens (tertiary/aromatic N) is 7. The fourth-order valence-electron chi connectivity index (χ4n) is 3.71. The van der Waals surface area contributed by atoms with Crippen LogP contribution < -0.4 is 9.64 Å². The van der Waals surface area contributed by atoms with Crippen molar-refractivity contribution in [3.63, 3.8) is 0 Å². The quantitative estimate of drug-likeness (QED) is 0.483. The summed E-state index contributed by atoms with van der Waals surface area (Å²) in [5, 5.41) is 13.8. The molecule has 3 heterocycles. The molecule has 1 aromatic carbocycles. The summed E-state index contributed by atoms with van der Waals surface area (Å²) in [4.78, 5) is 17.0. The number of thioether (sulfide) groups is 1. The molecule has 0 atom stereocenters. The summed E-state index contributed by atoms with van der Waals surface area (Å²) >= 11 is 1.41. The number of carbonyl (C=O) groups excluding carboxylic acids is 1. The summed E-state index contributed by atoms with van der Waals surface area (Å²) in [6, 6.07) is 10.3. The molecular weight excluding hydrogens is 426 g/mol. The summed E-state index contributed by atoms with van der Waals surface area (Å²) in [6.07, 6.45) is 1.92. The van der Waals surface area contributed by atoms with E-state index >= 15 is 0 Å². The highest BCUT2D eigenvalue weighted by atomic mass is 32.2. The van der Waals surface area contributed by atoms with Gasteiger partial charge in [-0.05, 0) is 26.0 Å². The van der Waals surface area contributed by atoms with E-state index in [0.29, 0.717) is 29.2 Å². The van der Waals surface area contributed by atoms with E-state index in [1.807, 2.05) is 59.4 Å². The molecule has 4 rings (SSSR count). The lowest BCUT2D eigenvalue weighted by Gasteiger charge is -2.36. The van der Waals surface area contributed by atoms with E-state index in [9.17, 15) is 4.79 Å². The molecule has 0 radical (unpaired) electrons. The molecule has 1 amide bonds. The number of hydrogen-bond acceptors (Lipinski definition) is 7. The van der Waals surface area contributed by atoms with Crippen molar-refractivity contribution in [2.75, 3.05) is 43.4 Å². The Labute approximate surface area is 192 Å². The van der Waals surface area contributed by atoms with E-state index in [1.165, 1.54) is 17.4 Å². The molecule has 9 nitrogen and oxygen atoms in total. The Bertz CT molecular complexity index is 1040. The standard InChI is InChI=1S/C22H29N7O2S/c1-4-29-15-18(21(25-29)31-5-2)20-23-24-22(26(20)3)32-16-19(30)28-13-11-27(12-14-28)17-9-7-6-8-10-17/h6-10,15H,4-5,11-14,16H2,1-3H3. The van der Waals surface area contributed by atoms with Crippen molar-refractivity contribution < 1.29 is 9.53 Å². The molecule has 2 aromatic heterocycles. The summed E-state index contributed by atoms with van der Waals surface area (Å²) < 4.78 is 9.39. The van der Waals surface area contributed by atoms with Crippen LogP contribution in [0.2, 0.25) is 0 Å². The third-order valence-electron chi connectivity index (χ3n) is 5.49. The first-order valence-corrected chi connectivity index (χ1v) is 11.9. The lowest BCUT2D eigenvalue weighted by molar-refractivity contribution is -0.128. The monoisotopic (exact) mass is 455 g/mol. The molecule has 0 bridgehead atoms. The molecule has 1 aliphatic rings. The first kappa shape index (κ1) is 22.2. The van der Waals surface area contributed by atoms with E-state index in [1.54, 1.807) is 0 Å². The summed E-state index contributed by atoms with van der Waals surface area (Å²) in [7, 11) is 1.90. The molecule has 1 saturated heterocycles. The topological polar surface area (TPSA) is 81.3 Å². The number of ether oxygens (including phenoxy) is 1. The molecule has 32 heavy (non-hydrogen) atoms. The van der Waals surface area contributed by atoms with Gasteiger partial charge in [-0.25, -0.2) is 0 Å². The largest absolute Gasteiger partial charge is 0.476 e. The first-order chi connectivity index (χ1) is 15.6. The molecule has 0 saturated carbocycles. The van der Waals surface area contributed by atoms with E-state index in [0.717, 1.165) is 38.3 Å². The van der Waals surface area contributed by atoms with Crippen LogP contribution in [0.15, 0.2) is 41.7 Å². The molecule has 170 valence electrons. The smallest absolute Gasteiger partial charge is 0.243 e. The van der Waals surface area contributed by atoms with E-state index in [2.05, 4.69) is 32.3 Å². The predicted molar refractivity (Wildman–Crippen MR) is 125 cm³/mol. The maximum absolute atomic E-state index is 12.8. The van der Waals surface area contributed by atoms with Crippen molar-refractivity contribution in [2.24, 2.45) is 7.05 Å². The van der Waals surface area contributed by atoms with Gasteiger partial charge in [0.2, 0.25) is 11.8 Å². The molecule has 3 aromatic rings. The lowest BCUT2D eigenvalue weighted by Crippen LogP contribution is -2.49. The van der Waals surface area contributed by atoms with Crippen LogP contribution in [0, 0.1) is 0 Å². The third kappa shape index (κ3) is 4.74. The van der Waals surface area contributed by atoms with Crippen LogP contribution in [0.1, 0.15) is 13.8 Å². The summed E-state index contributed by atoms with van der Waals surface area (Å²) in [6.45, 7) is 8.36. The maximum atomic E-state index is 12.8. The van der Waals surface area contributed by atoms with Crippen LogP contribution in [0.25, 0.3) is 11.4 Å². The van der Waals surface area contributed by atoms with Gasteiger partial charge in [-0.1, -0.05) is 30.0 Å². The van der Waals surface area contributed by atoms with Gasteiger partial charge in [0, 0.05) is 51.7 Å². The number of amides is 1. The van der Waals surface area contributed by atoms with Gasteiger partial charge >= 0.3 is 0 Å². The fraction of sp³-hybridized carbons (Fsp3) is 0.455. The second-order valence-electron chi connectivity index (χ2n) is 7.49. The first-order valence-electron chi connectivity index (χ1n) is 10.9. The number of carbonyl (C=O) groups is 1. The highest BCUT2D eigenvalue weighted by Crippen LogP contribution is 2.29. The number of anilines is 1. The van der Waals surface area contributed by atoms with Crippen LogP contribution >= 0.6 is 11.8 Å².